The van der Waals surface area contributed by atoms with E-state index in [2.05, 4.69) is 10.5 Å². The van der Waals surface area contributed by atoms with E-state index in [1.807, 2.05) is 6.92 Å². The van der Waals surface area contributed by atoms with Crippen molar-refractivity contribution in [1.29, 1.82) is 0 Å². The SMILES string of the molecule is CC/C(=N\NC(=O)c1ccccc1Cl)c1ccc(Cl)cc1Cl. The maximum Gasteiger partial charge on any atom is 0.272 e. The molecule has 1 N–H and O–H groups in total. The van der Waals surface area contributed by atoms with E-state index < -0.39 is 0 Å². The summed E-state index contributed by atoms with van der Waals surface area (Å²) >= 11 is 18.0. The molecular weight excluding hydrogens is 343 g/mol. The van der Waals surface area contributed by atoms with Crippen LogP contribution in [0.1, 0.15) is 29.3 Å². The Balaban J connectivity index is 2.23. The molecule has 0 radical (unpaired) electrons. The summed E-state index contributed by atoms with van der Waals surface area (Å²) in [6, 6.07) is 11.9. The largest absolute Gasteiger partial charge is 0.272 e. The molecule has 2 aromatic rings. The summed E-state index contributed by atoms with van der Waals surface area (Å²) in [5, 5.41) is 5.56. The second kappa shape index (κ2) is 7.63. The first-order chi connectivity index (χ1) is 10.5. The Morgan fingerprint density at radius 2 is 1.77 bits per heavy atom. The zero-order chi connectivity index (χ0) is 16.1. The van der Waals surface area contributed by atoms with Gasteiger partial charge >= 0.3 is 0 Å². The zero-order valence-corrected chi connectivity index (χ0v) is 14.0. The molecule has 0 aliphatic rings. The third-order valence-corrected chi connectivity index (χ3v) is 3.87. The van der Waals surface area contributed by atoms with Gasteiger partial charge in [0.15, 0.2) is 0 Å². The van der Waals surface area contributed by atoms with Gasteiger partial charge < -0.3 is 0 Å². The first kappa shape index (κ1) is 16.8. The van der Waals surface area contributed by atoms with Crippen molar-refractivity contribution in [3.8, 4) is 0 Å². The Kier molecular flexibility index (Phi) is 5.83. The third-order valence-electron chi connectivity index (χ3n) is 2.99. The lowest BCUT2D eigenvalue weighted by Gasteiger charge is -2.08. The average Bonchev–Trinajstić information content (AvgIpc) is 2.49. The second-order valence-electron chi connectivity index (χ2n) is 4.46. The van der Waals surface area contributed by atoms with Crippen molar-refractivity contribution in [2.45, 2.75) is 13.3 Å². The molecule has 1 amide bonds. The Morgan fingerprint density at radius 1 is 1.05 bits per heavy atom. The summed E-state index contributed by atoms with van der Waals surface area (Å²) in [7, 11) is 0. The van der Waals surface area contributed by atoms with Gasteiger partial charge in [-0.3, -0.25) is 4.79 Å². The number of hydrazone groups is 1. The van der Waals surface area contributed by atoms with Crippen molar-refractivity contribution in [1.82, 2.24) is 5.43 Å². The zero-order valence-electron chi connectivity index (χ0n) is 11.7. The Bertz CT molecular complexity index is 729. The molecular formula is C16H13Cl3N2O. The number of benzene rings is 2. The van der Waals surface area contributed by atoms with E-state index in [-0.39, 0.29) is 5.91 Å². The lowest BCUT2D eigenvalue weighted by molar-refractivity contribution is 0.0955. The number of halogens is 3. The number of carbonyl (C=O) groups excluding carboxylic acids is 1. The molecule has 0 saturated carbocycles. The predicted octanol–water partition coefficient (Wildman–Crippen LogP) is 5.19. The number of nitrogens with one attached hydrogen (secondary N) is 1. The Morgan fingerprint density at radius 3 is 2.41 bits per heavy atom. The van der Waals surface area contributed by atoms with Gasteiger partial charge in [-0.05, 0) is 30.7 Å². The lowest BCUT2D eigenvalue weighted by atomic mass is 10.1. The van der Waals surface area contributed by atoms with Crippen LogP contribution in [0, 0.1) is 0 Å². The monoisotopic (exact) mass is 354 g/mol. The maximum absolute atomic E-state index is 12.1. The van der Waals surface area contributed by atoms with E-state index in [1.54, 1.807) is 42.5 Å². The number of nitrogens with zero attached hydrogens (tertiary/aromatic N) is 1. The lowest BCUT2D eigenvalue weighted by Crippen LogP contribution is -2.20. The van der Waals surface area contributed by atoms with Gasteiger partial charge in [0, 0.05) is 10.6 Å². The number of rotatable bonds is 4. The minimum atomic E-state index is -0.373. The van der Waals surface area contributed by atoms with Crippen LogP contribution < -0.4 is 5.43 Å². The van der Waals surface area contributed by atoms with Crippen LogP contribution in [0.5, 0.6) is 0 Å². The highest BCUT2D eigenvalue weighted by molar-refractivity contribution is 6.37. The fourth-order valence-corrected chi connectivity index (χ4v) is 2.62. The van der Waals surface area contributed by atoms with Crippen molar-refractivity contribution >= 4 is 46.4 Å². The maximum atomic E-state index is 12.1. The highest BCUT2D eigenvalue weighted by Gasteiger charge is 2.11. The van der Waals surface area contributed by atoms with E-state index >= 15 is 0 Å². The first-order valence-corrected chi connectivity index (χ1v) is 7.73. The second-order valence-corrected chi connectivity index (χ2v) is 5.71. The molecule has 0 bridgehead atoms. The van der Waals surface area contributed by atoms with Gasteiger partial charge in [0.05, 0.1) is 21.3 Å². The minimum Gasteiger partial charge on any atom is -0.267 e. The molecule has 22 heavy (non-hydrogen) atoms. The molecule has 0 spiro atoms. The minimum absolute atomic E-state index is 0.366. The first-order valence-electron chi connectivity index (χ1n) is 6.59. The highest BCUT2D eigenvalue weighted by Crippen LogP contribution is 2.22. The van der Waals surface area contributed by atoms with Gasteiger partial charge in [-0.1, -0.05) is 59.9 Å². The summed E-state index contributed by atoms with van der Waals surface area (Å²) in [6.45, 7) is 1.92. The number of amides is 1. The van der Waals surface area contributed by atoms with Gasteiger partial charge in [0.25, 0.3) is 5.91 Å². The standard InChI is InChI=1S/C16H13Cl3N2O/c1-2-15(11-8-7-10(17)9-14(11)19)20-21-16(22)12-5-3-4-6-13(12)18/h3-9H,2H2,1H3,(H,21,22)/b20-15+. The summed E-state index contributed by atoms with van der Waals surface area (Å²) in [5.74, 6) is -0.373. The molecule has 3 nitrogen and oxygen atoms in total. The highest BCUT2D eigenvalue weighted by atomic mass is 35.5. The van der Waals surface area contributed by atoms with E-state index in [9.17, 15) is 4.79 Å². The molecule has 2 aromatic carbocycles. The van der Waals surface area contributed by atoms with Crippen molar-refractivity contribution in [3.63, 3.8) is 0 Å². The summed E-state index contributed by atoms with van der Waals surface area (Å²) in [5.41, 5.74) is 4.25. The molecule has 0 unspecified atom stereocenters. The van der Waals surface area contributed by atoms with E-state index in [0.717, 1.165) is 5.56 Å². The van der Waals surface area contributed by atoms with Crippen LogP contribution in [-0.4, -0.2) is 11.6 Å². The van der Waals surface area contributed by atoms with Crippen LogP contribution in [0.15, 0.2) is 47.6 Å². The van der Waals surface area contributed by atoms with Gasteiger partial charge in [0.2, 0.25) is 0 Å². The molecule has 0 aliphatic heterocycles. The topological polar surface area (TPSA) is 41.5 Å². The smallest absolute Gasteiger partial charge is 0.267 e. The Labute approximate surface area is 143 Å². The molecule has 0 aromatic heterocycles. The van der Waals surface area contributed by atoms with Crippen LogP contribution in [0.3, 0.4) is 0 Å². The van der Waals surface area contributed by atoms with Gasteiger partial charge in [-0.25, -0.2) is 5.43 Å². The normalized spacial score (nSPS) is 11.4. The van der Waals surface area contributed by atoms with Crippen LogP contribution >= 0.6 is 34.8 Å². The number of hydrogen-bond acceptors (Lipinski definition) is 2. The van der Waals surface area contributed by atoms with Crippen LogP contribution in [-0.2, 0) is 0 Å². The summed E-state index contributed by atoms with van der Waals surface area (Å²) in [4.78, 5) is 12.1. The van der Waals surface area contributed by atoms with E-state index in [1.165, 1.54) is 0 Å². The number of hydrogen-bond donors (Lipinski definition) is 1. The van der Waals surface area contributed by atoms with Crippen LogP contribution in [0.25, 0.3) is 0 Å². The summed E-state index contributed by atoms with van der Waals surface area (Å²) < 4.78 is 0. The fourth-order valence-electron chi connectivity index (χ4n) is 1.88. The molecule has 0 saturated heterocycles. The van der Waals surface area contributed by atoms with Crippen molar-refractivity contribution in [3.05, 3.63) is 68.7 Å². The van der Waals surface area contributed by atoms with Crippen molar-refractivity contribution < 1.29 is 4.79 Å². The quantitative estimate of drug-likeness (QED) is 0.595. The Hall–Kier alpha value is -1.55. The molecule has 0 aliphatic carbocycles. The summed E-state index contributed by atoms with van der Waals surface area (Å²) in [6.07, 6.45) is 0.601. The van der Waals surface area contributed by atoms with E-state index in [4.69, 9.17) is 34.8 Å². The third kappa shape index (κ3) is 4.01. The van der Waals surface area contributed by atoms with E-state index in [0.29, 0.717) is 32.8 Å². The van der Waals surface area contributed by atoms with Gasteiger partial charge in [-0.15, -0.1) is 0 Å². The van der Waals surface area contributed by atoms with Gasteiger partial charge in [0.1, 0.15) is 0 Å². The molecule has 114 valence electrons. The number of carbonyl (C=O) groups is 1. The molecule has 0 fully saturated rings. The fraction of sp³-hybridized carbons (Fsp3) is 0.125. The van der Waals surface area contributed by atoms with Gasteiger partial charge in [-0.2, -0.15) is 5.10 Å². The molecule has 6 heteroatoms. The average molecular weight is 356 g/mol. The van der Waals surface area contributed by atoms with Crippen LogP contribution in [0.4, 0.5) is 0 Å². The van der Waals surface area contributed by atoms with Crippen molar-refractivity contribution in [2.24, 2.45) is 5.10 Å². The molecule has 2 rings (SSSR count). The van der Waals surface area contributed by atoms with Crippen LogP contribution in [0.2, 0.25) is 15.1 Å². The van der Waals surface area contributed by atoms with Crippen molar-refractivity contribution in [2.75, 3.05) is 0 Å². The molecule has 0 atom stereocenters. The predicted molar refractivity (Wildman–Crippen MR) is 92.2 cm³/mol. The molecule has 0 heterocycles.